The Balaban J connectivity index is 1.75. The zero-order chi connectivity index (χ0) is 15.5. The van der Waals surface area contributed by atoms with Crippen molar-refractivity contribution in [2.75, 3.05) is 0 Å². The molecule has 2 unspecified atom stereocenters. The molecule has 1 aromatic heterocycles. The van der Waals surface area contributed by atoms with E-state index in [1.165, 1.54) is 37.7 Å². The third-order valence-electron chi connectivity index (χ3n) is 6.44. The van der Waals surface area contributed by atoms with Gasteiger partial charge in [0.1, 0.15) is 5.76 Å². The van der Waals surface area contributed by atoms with Gasteiger partial charge in [0.25, 0.3) is 0 Å². The highest BCUT2D eigenvalue weighted by atomic mass is 16.5. The van der Waals surface area contributed by atoms with Crippen molar-refractivity contribution >= 4 is 5.91 Å². The lowest BCUT2D eigenvalue weighted by Gasteiger charge is -2.62. The number of carbonyl (C=O) groups is 1. The van der Waals surface area contributed by atoms with Gasteiger partial charge in [0, 0.05) is 17.4 Å². The van der Waals surface area contributed by atoms with Gasteiger partial charge in [-0.2, -0.15) is 0 Å². The van der Waals surface area contributed by atoms with Crippen LogP contribution in [0.3, 0.4) is 0 Å². The highest BCUT2D eigenvalue weighted by molar-refractivity contribution is 5.76. The van der Waals surface area contributed by atoms with Gasteiger partial charge in [-0.05, 0) is 69.6 Å². The van der Waals surface area contributed by atoms with Crippen molar-refractivity contribution in [2.45, 2.75) is 64.2 Å². The summed E-state index contributed by atoms with van der Waals surface area (Å²) >= 11 is 0. The number of nitrogens with one attached hydrogen (secondary N) is 1. The molecule has 5 rings (SSSR count). The number of carbonyl (C=O) groups excluding carboxylic acids is 1. The molecule has 4 saturated carbocycles. The van der Waals surface area contributed by atoms with E-state index in [1.807, 2.05) is 6.92 Å². The van der Waals surface area contributed by atoms with E-state index in [0.717, 1.165) is 29.7 Å². The molecule has 5 heteroatoms. The molecular formula is C17H25N3O2. The summed E-state index contributed by atoms with van der Waals surface area (Å²) in [4.78, 5) is 12.0. The molecule has 0 saturated heterocycles. The standard InChI is InChI=1S/C17H25N3O2/c1-10-15(11(2)22-20-10)17-6-12-3-13(7-17)5-16(4-12,9-17)8-14(21)19-18/h12-13H,3-9,18H2,1-2H3,(H,19,21)/t12-,13+,16?,17?. The fourth-order valence-corrected chi connectivity index (χ4v) is 6.58. The zero-order valence-electron chi connectivity index (χ0n) is 13.4. The Morgan fingerprint density at radius 3 is 2.55 bits per heavy atom. The third-order valence-corrected chi connectivity index (χ3v) is 6.44. The van der Waals surface area contributed by atoms with E-state index in [4.69, 9.17) is 10.4 Å². The van der Waals surface area contributed by atoms with Crippen molar-refractivity contribution in [3.63, 3.8) is 0 Å². The van der Waals surface area contributed by atoms with Crippen molar-refractivity contribution in [1.82, 2.24) is 10.6 Å². The Morgan fingerprint density at radius 2 is 2.00 bits per heavy atom. The second-order valence-electron chi connectivity index (χ2n) is 8.18. The van der Waals surface area contributed by atoms with Gasteiger partial charge in [0.15, 0.2) is 0 Å². The Labute approximate surface area is 131 Å². The average molecular weight is 303 g/mol. The largest absolute Gasteiger partial charge is 0.361 e. The molecule has 1 amide bonds. The van der Waals surface area contributed by atoms with Crippen LogP contribution in [0.2, 0.25) is 0 Å². The number of aromatic nitrogens is 1. The monoisotopic (exact) mass is 303 g/mol. The number of rotatable bonds is 3. The lowest BCUT2D eigenvalue weighted by molar-refractivity contribution is -0.131. The molecule has 120 valence electrons. The van der Waals surface area contributed by atoms with Gasteiger partial charge in [-0.1, -0.05) is 5.16 Å². The topological polar surface area (TPSA) is 81.2 Å². The molecule has 4 fully saturated rings. The lowest BCUT2D eigenvalue weighted by Crippen LogP contribution is -2.55. The Kier molecular flexibility index (Phi) is 2.96. The number of hydrogen-bond donors (Lipinski definition) is 2. The summed E-state index contributed by atoms with van der Waals surface area (Å²) in [5.74, 6) is 7.78. The summed E-state index contributed by atoms with van der Waals surface area (Å²) in [6.45, 7) is 4.09. The van der Waals surface area contributed by atoms with E-state index in [0.29, 0.717) is 6.42 Å². The normalized spacial score (nSPS) is 39.2. The van der Waals surface area contributed by atoms with Gasteiger partial charge in [-0.25, -0.2) is 5.84 Å². The van der Waals surface area contributed by atoms with Crippen molar-refractivity contribution in [2.24, 2.45) is 23.1 Å². The van der Waals surface area contributed by atoms with Crippen molar-refractivity contribution in [3.05, 3.63) is 17.0 Å². The summed E-state index contributed by atoms with van der Waals surface area (Å²) in [7, 11) is 0. The maximum atomic E-state index is 12.0. The molecule has 22 heavy (non-hydrogen) atoms. The summed E-state index contributed by atoms with van der Waals surface area (Å²) in [6.07, 6.45) is 7.82. The van der Waals surface area contributed by atoms with Crippen LogP contribution in [0.25, 0.3) is 0 Å². The van der Waals surface area contributed by atoms with Gasteiger partial charge in [-0.3, -0.25) is 10.2 Å². The zero-order valence-corrected chi connectivity index (χ0v) is 13.4. The van der Waals surface area contributed by atoms with Crippen LogP contribution in [0, 0.1) is 31.1 Å². The molecule has 1 aromatic rings. The second-order valence-corrected chi connectivity index (χ2v) is 8.18. The van der Waals surface area contributed by atoms with E-state index in [1.54, 1.807) is 0 Å². The van der Waals surface area contributed by atoms with Crippen LogP contribution in [0.1, 0.15) is 62.0 Å². The van der Waals surface area contributed by atoms with Crippen molar-refractivity contribution < 1.29 is 9.32 Å². The Morgan fingerprint density at radius 1 is 1.32 bits per heavy atom. The predicted molar refractivity (Wildman–Crippen MR) is 81.7 cm³/mol. The first-order valence-corrected chi connectivity index (χ1v) is 8.38. The van der Waals surface area contributed by atoms with E-state index >= 15 is 0 Å². The Bertz CT molecular complexity index is 588. The SMILES string of the molecule is Cc1noc(C)c1C12C[C@@H]3C[C@@H](CC(CC(=O)NN)(C3)C1)C2. The maximum absolute atomic E-state index is 12.0. The first-order chi connectivity index (χ1) is 10.5. The molecule has 4 aliphatic carbocycles. The molecule has 0 aliphatic heterocycles. The summed E-state index contributed by atoms with van der Waals surface area (Å²) in [5.41, 5.74) is 5.01. The Hall–Kier alpha value is -1.36. The molecule has 1 heterocycles. The van der Waals surface area contributed by atoms with Gasteiger partial charge in [0.2, 0.25) is 5.91 Å². The fraction of sp³-hybridized carbons (Fsp3) is 0.765. The first-order valence-electron chi connectivity index (χ1n) is 8.38. The summed E-state index contributed by atoms with van der Waals surface area (Å²) in [6, 6.07) is 0. The van der Waals surface area contributed by atoms with Crippen molar-refractivity contribution in [1.29, 1.82) is 0 Å². The summed E-state index contributed by atoms with van der Waals surface area (Å²) < 4.78 is 5.47. The van der Waals surface area contributed by atoms with Gasteiger partial charge in [0.05, 0.1) is 5.69 Å². The van der Waals surface area contributed by atoms with Crippen LogP contribution in [0.5, 0.6) is 0 Å². The molecule has 4 aliphatic rings. The number of hydrogen-bond acceptors (Lipinski definition) is 4. The highest BCUT2D eigenvalue weighted by Crippen LogP contribution is 2.67. The van der Waals surface area contributed by atoms with E-state index in [2.05, 4.69) is 17.5 Å². The predicted octanol–water partition coefficient (Wildman–Crippen LogP) is 2.51. The highest BCUT2D eigenvalue weighted by Gasteiger charge is 2.59. The van der Waals surface area contributed by atoms with Crippen LogP contribution in [-0.2, 0) is 10.2 Å². The van der Waals surface area contributed by atoms with Gasteiger partial charge < -0.3 is 4.52 Å². The third kappa shape index (κ3) is 1.94. The molecular weight excluding hydrogens is 278 g/mol. The minimum atomic E-state index is -0.0177. The molecule has 4 bridgehead atoms. The fourth-order valence-electron chi connectivity index (χ4n) is 6.58. The van der Waals surface area contributed by atoms with Crippen LogP contribution in [-0.4, -0.2) is 11.1 Å². The average Bonchev–Trinajstić information content (AvgIpc) is 2.76. The molecule has 0 spiro atoms. The maximum Gasteiger partial charge on any atom is 0.234 e. The number of hydrazine groups is 1. The minimum Gasteiger partial charge on any atom is -0.361 e. The van der Waals surface area contributed by atoms with E-state index in [-0.39, 0.29) is 16.7 Å². The van der Waals surface area contributed by atoms with Crippen LogP contribution >= 0.6 is 0 Å². The van der Waals surface area contributed by atoms with Gasteiger partial charge in [-0.15, -0.1) is 0 Å². The quantitative estimate of drug-likeness (QED) is 0.511. The second kappa shape index (κ2) is 4.57. The van der Waals surface area contributed by atoms with E-state index < -0.39 is 0 Å². The lowest BCUT2D eigenvalue weighted by atomic mass is 9.42. The first kappa shape index (κ1) is 14.2. The van der Waals surface area contributed by atoms with Crippen LogP contribution in [0.15, 0.2) is 4.52 Å². The molecule has 0 aromatic carbocycles. The number of aryl methyl sites for hydroxylation is 2. The van der Waals surface area contributed by atoms with Gasteiger partial charge >= 0.3 is 0 Å². The molecule has 3 N–H and O–H groups in total. The number of amides is 1. The van der Waals surface area contributed by atoms with Crippen molar-refractivity contribution in [3.8, 4) is 0 Å². The number of nitrogens with two attached hydrogens (primary N) is 1. The minimum absolute atomic E-state index is 0.0177. The summed E-state index contributed by atoms with van der Waals surface area (Å²) in [5, 5.41) is 4.20. The number of nitrogens with zero attached hydrogens (tertiary/aromatic N) is 1. The molecule has 4 atom stereocenters. The molecule has 5 nitrogen and oxygen atoms in total. The van der Waals surface area contributed by atoms with Crippen LogP contribution in [0.4, 0.5) is 0 Å². The van der Waals surface area contributed by atoms with E-state index in [9.17, 15) is 4.79 Å². The smallest absolute Gasteiger partial charge is 0.234 e. The van der Waals surface area contributed by atoms with Crippen LogP contribution < -0.4 is 11.3 Å². The molecule has 0 radical (unpaired) electrons.